The number of hydrogen-bond acceptors (Lipinski definition) is 3. The SMILES string of the molecule is NCc1cccc(CN)n1.[Cl][Pt][Cl]. The fourth-order valence-corrected chi connectivity index (χ4v) is 0.757. The van der Waals surface area contributed by atoms with Gasteiger partial charge in [0.05, 0.1) is 11.4 Å². The first-order valence-electron chi connectivity index (χ1n) is 3.45. The molecular formula is C7H11Cl2N3Pt. The third-order valence-corrected chi connectivity index (χ3v) is 1.28. The van der Waals surface area contributed by atoms with Crippen LogP contribution in [-0.2, 0) is 29.6 Å². The van der Waals surface area contributed by atoms with Crippen LogP contribution in [0.1, 0.15) is 11.4 Å². The Bertz CT molecular complexity index is 215. The van der Waals surface area contributed by atoms with Gasteiger partial charge in [-0.1, -0.05) is 6.07 Å². The number of nitrogens with zero attached hydrogens (tertiary/aromatic N) is 1. The third kappa shape index (κ3) is 6.41. The van der Waals surface area contributed by atoms with Crippen LogP contribution in [0.3, 0.4) is 0 Å². The first kappa shape index (κ1) is 13.3. The molecule has 0 aliphatic rings. The molecule has 1 rings (SSSR count). The summed E-state index contributed by atoms with van der Waals surface area (Å²) in [6.45, 7) is 0.960. The van der Waals surface area contributed by atoms with Gasteiger partial charge in [0.15, 0.2) is 0 Å². The van der Waals surface area contributed by atoms with Crippen LogP contribution in [0.25, 0.3) is 0 Å². The van der Waals surface area contributed by atoms with Crippen LogP contribution in [-0.4, -0.2) is 4.98 Å². The van der Waals surface area contributed by atoms with Crippen LogP contribution in [0.2, 0.25) is 0 Å². The van der Waals surface area contributed by atoms with E-state index in [1.54, 1.807) is 0 Å². The van der Waals surface area contributed by atoms with Crippen molar-refractivity contribution in [2.24, 2.45) is 11.5 Å². The third-order valence-electron chi connectivity index (χ3n) is 1.28. The number of halogens is 2. The topological polar surface area (TPSA) is 64.9 Å². The molecule has 0 spiro atoms. The molecule has 0 bridgehead atoms. The minimum atomic E-state index is -0.472. The number of aromatic nitrogens is 1. The van der Waals surface area contributed by atoms with Gasteiger partial charge in [-0.2, -0.15) is 0 Å². The van der Waals surface area contributed by atoms with E-state index in [1.165, 1.54) is 0 Å². The van der Waals surface area contributed by atoms with E-state index in [1.807, 2.05) is 18.2 Å². The van der Waals surface area contributed by atoms with Crippen molar-refractivity contribution >= 4 is 18.8 Å². The second-order valence-electron chi connectivity index (χ2n) is 2.07. The molecule has 4 N–H and O–H groups in total. The van der Waals surface area contributed by atoms with Gasteiger partial charge >= 0.3 is 35.3 Å². The summed E-state index contributed by atoms with van der Waals surface area (Å²) in [5, 5.41) is 0. The Balaban J connectivity index is 0.000000424. The summed E-state index contributed by atoms with van der Waals surface area (Å²) in [6.07, 6.45) is 0. The van der Waals surface area contributed by atoms with E-state index in [9.17, 15) is 0 Å². The Morgan fingerprint density at radius 1 is 1.15 bits per heavy atom. The predicted molar refractivity (Wildman–Crippen MR) is 51.7 cm³/mol. The van der Waals surface area contributed by atoms with E-state index in [4.69, 9.17) is 30.3 Å². The van der Waals surface area contributed by atoms with Crippen molar-refractivity contribution < 1.29 is 16.5 Å². The van der Waals surface area contributed by atoms with Gasteiger partial charge in [-0.25, -0.2) is 0 Å². The average Bonchev–Trinajstić information content (AvgIpc) is 2.19. The second kappa shape index (κ2) is 8.92. The number of hydrogen-bond donors (Lipinski definition) is 2. The van der Waals surface area contributed by atoms with Gasteiger partial charge in [-0.3, -0.25) is 4.98 Å². The Hall–Kier alpha value is 0.338. The zero-order valence-corrected chi connectivity index (χ0v) is 10.6. The molecule has 0 amide bonds. The van der Waals surface area contributed by atoms with Gasteiger partial charge in [0.2, 0.25) is 0 Å². The second-order valence-corrected chi connectivity index (χ2v) is 5.36. The van der Waals surface area contributed by atoms with E-state index in [2.05, 4.69) is 4.98 Å². The van der Waals surface area contributed by atoms with Gasteiger partial charge in [-0.15, -0.1) is 0 Å². The van der Waals surface area contributed by atoms with Crippen molar-refractivity contribution in [3.63, 3.8) is 0 Å². The van der Waals surface area contributed by atoms with Crippen LogP contribution >= 0.6 is 18.8 Å². The van der Waals surface area contributed by atoms with Crippen LogP contribution in [0.4, 0.5) is 0 Å². The Labute approximate surface area is 94.2 Å². The monoisotopic (exact) mass is 402 g/mol. The van der Waals surface area contributed by atoms with Crippen LogP contribution in [0.15, 0.2) is 18.2 Å². The Morgan fingerprint density at radius 3 is 1.85 bits per heavy atom. The summed E-state index contributed by atoms with van der Waals surface area (Å²) in [7, 11) is 9.75. The minimum absolute atomic E-state index is 0.472. The summed E-state index contributed by atoms with van der Waals surface area (Å²) in [6, 6.07) is 5.69. The molecule has 0 aromatic carbocycles. The molecule has 6 heteroatoms. The molecule has 1 aromatic rings. The summed E-state index contributed by atoms with van der Waals surface area (Å²) in [5.74, 6) is 0. The molecule has 0 aliphatic heterocycles. The molecule has 0 fully saturated rings. The van der Waals surface area contributed by atoms with E-state index < -0.39 is 16.5 Å². The quantitative estimate of drug-likeness (QED) is 0.785. The number of nitrogens with two attached hydrogens (primary N) is 2. The zero-order chi connectivity index (χ0) is 10.1. The van der Waals surface area contributed by atoms with Gasteiger partial charge in [-0.05, 0) is 12.1 Å². The average molecular weight is 403 g/mol. The molecule has 0 radical (unpaired) electrons. The van der Waals surface area contributed by atoms with Crippen molar-refractivity contribution in [1.82, 2.24) is 4.98 Å². The number of pyridine rings is 1. The van der Waals surface area contributed by atoms with Gasteiger partial charge in [0, 0.05) is 13.1 Å². The molecule has 13 heavy (non-hydrogen) atoms. The summed E-state index contributed by atoms with van der Waals surface area (Å²) >= 11 is -0.472. The summed E-state index contributed by atoms with van der Waals surface area (Å²) in [5.41, 5.74) is 12.5. The molecule has 78 valence electrons. The molecule has 0 unspecified atom stereocenters. The van der Waals surface area contributed by atoms with Gasteiger partial charge < -0.3 is 11.5 Å². The van der Waals surface area contributed by atoms with Gasteiger partial charge in [0.25, 0.3) is 0 Å². The maximum absolute atomic E-state index is 5.37. The maximum atomic E-state index is 5.37. The Kier molecular flexibility index (Phi) is 9.15. The molecule has 1 aromatic heterocycles. The molecule has 1 heterocycles. The fraction of sp³-hybridized carbons (Fsp3) is 0.286. The summed E-state index contributed by atoms with van der Waals surface area (Å²) < 4.78 is 0. The van der Waals surface area contributed by atoms with Crippen molar-refractivity contribution in [2.75, 3.05) is 0 Å². The predicted octanol–water partition coefficient (Wildman–Crippen LogP) is 1.38. The normalized spacial score (nSPS) is 9.23. The van der Waals surface area contributed by atoms with E-state index >= 15 is 0 Å². The first-order valence-corrected chi connectivity index (χ1v) is 9.08. The van der Waals surface area contributed by atoms with Crippen molar-refractivity contribution in [3.05, 3.63) is 29.6 Å². The zero-order valence-electron chi connectivity index (χ0n) is 6.82. The molecule has 0 saturated heterocycles. The molecule has 3 nitrogen and oxygen atoms in total. The Morgan fingerprint density at radius 2 is 1.54 bits per heavy atom. The molecular weight excluding hydrogens is 392 g/mol. The van der Waals surface area contributed by atoms with Crippen molar-refractivity contribution in [3.8, 4) is 0 Å². The molecule has 0 aliphatic carbocycles. The number of rotatable bonds is 2. The first-order chi connectivity index (χ1) is 6.28. The van der Waals surface area contributed by atoms with Crippen molar-refractivity contribution in [1.29, 1.82) is 0 Å². The van der Waals surface area contributed by atoms with E-state index in [0.717, 1.165) is 11.4 Å². The van der Waals surface area contributed by atoms with E-state index in [0.29, 0.717) is 13.1 Å². The van der Waals surface area contributed by atoms with Gasteiger partial charge in [0.1, 0.15) is 0 Å². The molecule has 0 saturated carbocycles. The van der Waals surface area contributed by atoms with Crippen LogP contribution < -0.4 is 11.5 Å². The van der Waals surface area contributed by atoms with Crippen LogP contribution in [0.5, 0.6) is 0 Å². The summed E-state index contributed by atoms with van der Waals surface area (Å²) in [4.78, 5) is 4.16. The van der Waals surface area contributed by atoms with E-state index in [-0.39, 0.29) is 0 Å². The van der Waals surface area contributed by atoms with Crippen LogP contribution in [0, 0.1) is 0 Å². The fourth-order valence-electron chi connectivity index (χ4n) is 0.757. The standard InChI is InChI=1S/C7H11N3.2ClH.Pt/c8-4-6-2-1-3-7(5-9)10-6;;;/h1-3H,4-5,8-9H2;2*1H;/q;;;+2/p-2. The van der Waals surface area contributed by atoms with Crippen molar-refractivity contribution in [2.45, 2.75) is 13.1 Å². The molecule has 0 atom stereocenters.